The van der Waals surface area contributed by atoms with Crippen molar-refractivity contribution in [3.63, 3.8) is 0 Å². The number of carboxylic acids is 1. The first-order valence-corrected chi connectivity index (χ1v) is 15.6. The fourth-order valence-corrected chi connectivity index (χ4v) is 5.53. The number of esters is 1. The number of nitrogens with zero attached hydrogens (tertiary/aromatic N) is 3. The molecule has 0 unspecified atom stereocenters. The zero-order valence-corrected chi connectivity index (χ0v) is 26.1. The van der Waals surface area contributed by atoms with Crippen molar-refractivity contribution in [1.82, 2.24) is 9.97 Å². The van der Waals surface area contributed by atoms with E-state index in [1.54, 1.807) is 6.07 Å². The Labute approximate surface area is 271 Å². The maximum absolute atomic E-state index is 15.1. The highest BCUT2D eigenvalue weighted by atomic mass is 32.1. The summed E-state index contributed by atoms with van der Waals surface area (Å²) in [5.41, 5.74) is -1.46. The molecule has 0 aliphatic carbocycles. The topological polar surface area (TPSA) is 119 Å². The second-order valence-corrected chi connectivity index (χ2v) is 11.3. The van der Waals surface area contributed by atoms with Crippen LogP contribution in [-0.4, -0.2) is 39.9 Å². The molecule has 248 valence electrons. The summed E-state index contributed by atoms with van der Waals surface area (Å²) in [6.07, 6.45) is 2.24. The highest BCUT2D eigenvalue weighted by Crippen LogP contribution is 2.40. The Balaban J connectivity index is 1.61. The minimum absolute atomic E-state index is 0.0453. The Morgan fingerprint density at radius 1 is 0.936 bits per heavy atom. The van der Waals surface area contributed by atoms with Crippen molar-refractivity contribution in [2.45, 2.75) is 58.0 Å². The molecule has 4 aromatic rings. The van der Waals surface area contributed by atoms with Crippen LogP contribution in [0.15, 0.2) is 67.0 Å². The fraction of sp³-hybridized carbons (Fsp3) is 0.303. The minimum atomic E-state index is -4.77. The molecule has 0 saturated heterocycles. The van der Waals surface area contributed by atoms with Crippen LogP contribution in [0.25, 0.3) is 11.3 Å². The van der Waals surface area contributed by atoms with Crippen LogP contribution in [0.5, 0.6) is 0 Å². The SMILES string of the molecule is CCCCCCCCc1ccc(N(C(=O)OCOC(=O)c2cccc(C(=O)O)c2)c2nc(-c3cccnc3)c(F)s2)cc1C(F)(F)F. The van der Waals surface area contributed by atoms with Gasteiger partial charge in [-0.2, -0.15) is 17.6 Å². The van der Waals surface area contributed by atoms with Gasteiger partial charge in [-0.1, -0.05) is 62.5 Å². The van der Waals surface area contributed by atoms with Crippen molar-refractivity contribution in [1.29, 1.82) is 0 Å². The molecule has 1 amide bonds. The fourth-order valence-electron chi connectivity index (χ4n) is 4.70. The summed E-state index contributed by atoms with van der Waals surface area (Å²) in [5, 5.41) is 7.98. The second kappa shape index (κ2) is 16.1. The summed E-state index contributed by atoms with van der Waals surface area (Å²) in [6.45, 7) is 1.09. The Hall–Kier alpha value is -4.85. The van der Waals surface area contributed by atoms with Crippen molar-refractivity contribution in [3.8, 4) is 11.3 Å². The van der Waals surface area contributed by atoms with E-state index in [1.807, 2.05) is 0 Å². The number of carbonyl (C=O) groups excluding carboxylic acids is 2. The van der Waals surface area contributed by atoms with Gasteiger partial charge in [-0.25, -0.2) is 24.3 Å². The van der Waals surface area contributed by atoms with Crippen molar-refractivity contribution in [2.24, 2.45) is 0 Å². The van der Waals surface area contributed by atoms with Gasteiger partial charge in [-0.15, -0.1) is 0 Å². The summed E-state index contributed by atoms with van der Waals surface area (Å²) < 4.78 is 68.0. The van der Waals surface area contributed by atoms with E-state index in [2.05, 4.69) is 16.9 Å². The number of aromatic carboxylic acids is 1. The third-order valence-electron chi connectivity index (χ3n) is 7.06. The first kappa shape index (κ1) is 35.0. The number of pyridine rings is 1. The first-order chi connectivity index (χ1) is 22.5. The van der Waals surface area contributed by atoms with E-state index in [0.717, 1.165) is 44.2 Å². The summed E-state index contributed by atoms with van der Waals surface area (Å²) in [7, 11) is 0. The third-order valence-corrected chi connectivity index (χ3v) is 7.89. The molecule has 1 N–H and O–H groups in total. The number of hydrogen-bond donors (Lipinski definition) is 1. The van der Waals surface area contributed by atoms with Gasteiger partial charge in [0.25, 0.3) is 0 Å². The van der Waals surface area contributed by atoms with Crippen molar-refractivity contribution < 1.29 is 46.5 Å². The van der Waals surface area contributed by atoms with E-state index in [9.17, 15) is 27.6 Å². The van der Waals surface area contributed by atoms with Crippen LogP contribution < -0.4 is 4.90 Å². The first-order valence-electron chi connectivity index (χ1n) is 14.7. The molecule has 2 aromatic carbocycles. The van der Waals surface area contributed by atoms with Crippen LogP contribution in [-0.2, 0) is 22.1 Å². The number of anilines is 2. The number of alkyl halides is 3. The number of hydrogen-bond acceptors (Lipinski definition) is 8. The van der Waals surface area contributed by atoms with Crippen LogP contribution in [0.2, 0.25) is 0 Å². The highest BCUT2D eigenvalue weighted by Gasteiger charge is 2.35. The summed E-state index contributed by atoms with van der Waals surface area (Å²) >= 11 is 0.397. The van der Waals surface area contributed by atoms with Gasteiger partial charge in [-0.05, 0) is 60.9 Å². The molecule has 0 aliphatic heterocycles. The number of benzene rings is 2. The van der Waals surface area contributed by atoms with Crippen molar-refractivity contribution >= 4 is 40.2 Å². The number of unbranched alkanes of at least 4 members (excludes halogenated alkanes) is 5. The number of ether oxygens (including phenoxy) is 2. The Morgan fingerprint density at radius 2 is 1.68 bits per heavy atom. The smallest absolute Gasteiger partial charge is 0.423 e. The number of halogens is 4. The lowest BCUT2D eigenvalue weighted by molar-refractivity contribution is -0.138. The van der Waals surface area contributed by atoms with E-state index >= 15 is 4.39 Å². The summed E-state index contributed by atoms with van der Waals surface area (Å²) in [6, 6.07) is 11.3. The molecule has 0 radical (unpaired) electrons. The number of carbonyl (C=O) groups is 3. The van der Waals surface area contributed by atoms with Crippen molar-refractivity contribution in [2.75, 3.05) is 11.7 Å². The number of rotatable bonds is 14. The normalized spacial score (nSPS) is 11.3. The standard InChI is InChI=1S/C33H31F4N3O6S/c1-2-3-4-5-6-7-10-21-14-15-25(18-26(21)33(35,36)37)40(31-39-27(28(34)47-31)24-13-9-16-38-19-24)32(44)46-20-45-30(43)23-12-8-11-22(17-23)29(41)42/h8-9,11-19H,2-7,10,20H2,1H3,(H,41,42). The predicted octanol–water partition coefficient (Wildman–Crippen LogP) is 9.05. The lowest BCUT2D eigenvalue weighted by Crippen LogP contribution is -2.28. The maximum Gasteiger partial charge on any atom is 0.423 e. The van der Waals surface area contributed by atoms with Gasteiger partial charge in [0, 0.05) is 18.0 Å². The maximum atomic E-state index is 15.1. The molecule has 0 fully saturated rings. The molecule has 9 nitrogen and oxygen atoms in total. The zero-order valence-electron chi connectivity index (χ0n) is 25.3. The van der Waals surface area contributed by atoms with Crippen LogP contribution >= 0.6 is 11.3 Å². The molecule has 0 atom stereocenters. The largest absolute Gasteiger partial charge is 0.478 e. The van der Waals surface area contributed by atoms with Crippen LogP contribution in [0.3, 0.4) is 0 Å². The van der Waals surface area contributed by atoms with Crippen LogP contribution in [0.4, 0.5) is 33.2 Å². The van der Waals surface area contributed by atoms with E-state index in [1.165, 1.54) is 48.8 Å². The van der Waals surface area contributed by atoms with E-state index in [0.29, 0.717) is 22.7 Å². The summed E-state index contributed by atoms with van der Waals surface area (Å²) in [5.74, 6) is -2.30. The number of thiazole rings is 1. The number of amides is 1. The minimum Gasteiger partial charge on any atom is -0.478 e. The highest BCUT2D eigenvalue weighted by molar-refractivity contribution is 7.14. The Kier molecular flexibility index (Phi) is 12.0. The molecular weight excluding hydrogens is 642 g/mol. The average molecular weight is 674 g/mol. The molecule has 0 aliphatic rings. The third kappa shape index (κ3) is 9.35. The molecule has 14 heteroatoms. The number of aryl methyl sites for hydroxylation is 1. The molecule has 0 spiro atoms. The van der Waals surface area contributed by atoms with Crippen LogP contribution in [0, 0.1) is 5.13 Å². The second-order valence-electron chi connectivity index (χ2n) is 10.4. The predicted molar refractivity (Wildman–Crippen MR) is 166 cm³/mol. The van der Waals surface area contributed by atoms with Gasteiger partial charge in [0.05, 0.1) is 22.4 Å². The van der Waals surface area contributed by atoms with Gasteiger partial charge in [0.1, 0.15) is 5.69 Å². The molecule has 4 rings (SSSR count). The summed E-state index contributed by atoms with van der Waals surface area (Å²) in [4.78, 5) is 45.8. The Bertz CT molecular complexity index is 1700. The molecule has 0 bridgehead atoms. The van der Waals surface area contributed by atoms with Gasteiger partial charge in [0.2, 0.25) is 17.1 Å². The van der Waals surface area contributed by atoms with E-state index < -0.39 is 41.7 Å². The van der Waals surface area contributed by atoms with Gasteiger partial charge in [0.15, 0.2) is 0 Å². The molecular formula is C33H31F4N3O6S. The molecule has 2 heterocycles. The molecule has 47 heavy (non-hydrogen) atoms. The lowest BCUT2D eigenvalue weighted by atomic mass is 9.99. The number of carboxylic acid groups (broad SMARTS) is 1. The van der Waals surface area contributed by atoms with E-state index in [4.69, 9.17) is 14.6 Å². The molecule has 2 aromatic heterocycles. The lowest BCUT2D eigenvalue weighted by Gasteiger charge is -2.22. The molecule has 0 saturated carbocycles. The van der Waals surface area contributed by atoms with Crippen LogP contribution in [0.1, 0.15) is 77.3 Å². The zero-order chi connectivity index (χ0) is 34.0. The number of aromatic nitrogens is 2. The quantitative estimate of drug-likeness (QED) is 0.0610. The van der Waals surface area contributed by atoms with Crippen molar-refractivity contribution in [3.05, 3.63) is 94.4 Å². The van der Waals surface area contributed by atoms with Gasteiger partial charge in [-0.3, -0.25) is 4.98 Å². The Morgan fingerprint density at radius 3 is 2.38 bits per heavy atom. The van der Waals surface area contributed by atoms with Gasteiger partial charge < -0.3 is 14.6 Å². The van der Waals surface area contributed by atoms with Gasteiger partial charge >= 0.3 is 24.2 Å². The van der Waals surface area contributed by atoms with E-state index in [-0.39, 0.29) is 45.2 Å². The monoisotopic (exact) mass is 673 g/mol. The average Bonchev–Trinajstić information content (AvgIpc) is 3.43.